The average molecular weight is 370 g/mol. The number of ketones is 1. The van der Waals surface area contributed by atoms with Crippen LogP contribution in [0.1, 0.15) is 34.3 Å². The zero-order valence-corrected chi connectivity index (χ0v) is 14.5. The van der Waals surface area contributed by atoms with Crippen LogP contribution in [-0.4, -0.2) is 12.0 Å². The molecule has 1 unspecified atom stereocenters. The normalized spacial score (nSPS) is 12.4. The molecule has 0 amide bonds. The summed E-state index contributed by atoms with van der Waals surface area (Å²) < 4.78 is 46.4. The highest BCUT2D eigenvalue weighted by Gasteiger charge is 2.41. The van der Waals surface area contributed by atoms with E-state index in [-0.39, 0.29) is 16.9 Å². The molecule has 0 fully saturated rings. The standard InChI is InChI=1S/C22H17F3O2/c1-15(26)16-7-11-19(12-8-16)27-20-13-9-18(10-14-20)21(22(23,24)25)17-5-3-2-4-6-17/h2-14,21H,1H3. The Morgan fingerprint density at radius 3 is 1.74 bits per heavy atom. The van der Waals surface area contributed by atoms with Crippen LogP contribution in [0.15, 0.2) is 78.9 Å². The van der Waals surface area contributed by atoms with E-state index in [1.807, 2.05) is 0 Å². The van der Waals surface area contributed by atoms with E-state index in [4.69, 9.17) is 4.74 Å². The van der Waals surface area contributed by atoms with Gasteiger partial charge in [0.25, 0.3) is 0 Å². The molecule has 0 aliphatic heterocycles. The van der Waals surface area contributed by atoms with Crippen LogP contribution < -0.4 is 4.74 Å². The molecule has 1 atom stereocenters. The molecule has 3 aromatic rings. The van der Waals surface area contributed by atoms with Crippen molar-refractivity contribution in [1.29, 1.82) is 0 Å². The van der Waals surface area contributed by atoms with Crippen molar-refractivity contribution in [3.05, 3.63) is 95.6 Å². The maximum absolute atomic E-state index is 13.6. The van der Waals surface area contributed by atoms with E-state index in [0.717, 1.165) is 0 Å². The SMILES string of the molecule is CC(=O)c1ccc(Oc2ccc(C(c3ccccc3)C(F)(F)F)cc2)cc1. The van der Waals surface area contributed by atoms with Crippen molar-refractivity contribution in [2.24, 2.45) is 0 Å². The smallest absolute Gasteiger partial charge is 0.399 e. The second-order valence-corrected chi connectivity index (χ2v) is 6.14. The molecule has 5 heteroatoms. The third kappa shape index (κ3) is 4.56. The summed E-state index contributed by atoms with van der Waals surface area (Å²) in [6.45, 7) is 1.47. The van der Waals surface area contributed by atoms with Gasteiger partial charge in [0, 0.05) is 5.56 Å². The second-order valence-electron chi connectivity index (χ2n) is 6.14. The van der Waals surface area contributed by atoms with Gasteiger partial charge in [-0.3, -0.25) is 4.79 Å². The van der Waals surface area contributed by atoms with Gasteiger partial charge in [0.15, 0.2) is 5.78 Å². The largest absolute Gasteiger partial charge is 0.457 e. The molecule has 27 heavy (non-hydrogen) atoms. The van der Waals surface area contributed by atoms with Gasteiger partial charge in [-0.1, -0.05) is 42.5 Å². The molecule has 0 saturated heterocycles. The fourth-order valence-electron chi connectivity index (χ4n) is 2.84. The molecule has 0 aromatic heterocycles. The quantitative estimate of drug-likeness (QED) is 0.487. The van der Waals surface area contributed by atoms with Gasteiger partial charge in [0.1, 0.15) is 17.4 Å². The number of hydrogen-bond donors (Lipinski definition) is 0. The summed E-state index contributed by atoms with van der Waals surface area (Å²) in [4.78, 5) is 11.3. The van der Waals surface area contributed by atoms with Crippen molar-refractivity contribution >= 4 is 5.78 Å². The molecule has 0 aliphatic carbocycles. The Balaban J connectivity index is 1.82. The van der Waals surface area contributed by atoms with E-state index in [1.165, 1.54) is 43.3 Å². The number of benzene rings is 3. The summed E-state index contributed by atoms with van der Waals surface area (Å²) in [5, 5.41) is 0. The molecular weight excluding hydrogens is 353 g/mol. The van der Waals surface area contributed by atoms with Gasteiger partial charge in [-0.2, -0.15) is 13.2 Å². The van der Waals surface area contributed by atoms with Gasteiger partial charge in [-0.25, -0.2) is 0 Å². The lowest BCUT2D eigenvalue weighted by Crippen LogP contribution is -2.21. The monoisotopic (exact) mass is 370 g/mol. The number of rotatable bonds is 5. The average Bonchev–Trinajstić information content (AvgIpc) is 2.63. The summed E-state index contributed by atoms with van der Waals surface area (Å²) in [5.74, 6) is -0.820. The Labute approximate surface area is 155 Å². The predicted molar refractivity (Wildman–Crippen MR) is 97.3 cm³/mol. The van der Waals surface area contributed by atoms with Gasteiger partial charge in [-0.15, -0.1) is 0 Å². The maximum atomic E-state index is 13.6. The van der Waals surface area contributed by atoms with Gasteiger partial charge in [0.05, 0.1) is 0 Å². The van der Waals surface area contributed by atoms with Crippen LogP contribution in [0, 0.1) is 0 Å². The highest BCUT2D eigenvalue weighted by atomic mass is 19.4. The molecule has 3 aromatic carbocycles. The lowest BCUT2D eigenvalue weighted by molar-refractivity contribution is -0.141. The molecule has 138 valence electrons. The summed E-state index contributed by atoms with van der Waals surface area (Å²) in [6, 6.07) is 20.2. The molecule has 0 spiro atoms. The van der Waals surface area contributed by atoms with Crippen LogP contribution in [0.2, 0.25) is 0 Å². The van der Waals surface area contributed by atoms with Crippen LogP contribution in [0.4, 0.5) is 13.2 Å². The van der Waals surface area contributed by atoms with Crippen LogP contribution >= 0.6 is 0 Å². The van der Waals surface area contributed by atoms with Crippen LogP contribution in [-0.2, 0) is 0 Å². The van der Waals surface area contributed by atoms with Crippen molar-refractivity contribution < 1.29 is 22.7 Å². The Morgan fingerprint density at radius 1 is 0.778 bits per heavy atom. The number of alkyl halides is 3. The third-order valence-corrected chi connectivity index (χ3v) is 4.17. The maximum Gasteiger partial charge on any atom is 0.399 e. The van der Waals surface area contributed by atoms with Crippen molar-refractivity contribution in [2.45, 2.75) is 19.0 Å². The molecule has 0 aliphatic rings. The molecule has 0 heterocycles. The van der Waals surface area contributed by atoms with E-state index in [2.05, 4.69) is 0 Å². The van der Waals surface area contributed by atoms with E-state index in [0.29, 0.717) is 17.1 Å². The first kappa shape index (κ1) is 18.7. The number of carbonyl (C=O) groups is 1. The Morgan fingerprint density at radius 2 is 1.26 bits per heavy atom. The fourth-order valence-corrected chi connectivity index (χ4v) is 2.84. The Hall–Kier alpha value is -3.08. The molecular formula is C22H17F3O2. The number of Topliss-reactive ketones (excluding diaryl/α,β-unsaturated/α-hetero) is 1. The third-order valence-electron chi connectivity index (χ3n) is 4.17. The van der Waals surface area contributed by atoms with E-state index in [1.54, 1.807) is 42.5 Å². The Bertz CT molecular complexity index is 899. The van der Waals surface area contributed by atoms with Crippen molar-refractivity contribution in [2.75, 3.05) is 0 Å². The fraction of sp³-hybridized carbons (Fsp3) is 0.136. The minimum atomic E-state index is -4.40. The topological polar surface area (TPSA) is 26.3 Å². The van der Waals surface area contributed by atoms with Crippen molar-refractivity contribution in [1.82, 2.24) is 0 Å². The minimum absolute atomic E-state index is 0.0509. The number of hydrogen-bond acceptors (Lipinski definition) is 2. The highest BCUT2D eigenvalue weighted by molar-refractivity contribution is 5.94. The van der Waals surface area contributed by atoms with Crippen LogP contribution in [0.25, 0.3) is 0 Å². The molecule has 2 nitrogen and oxygen atoms in total. The zero-order valence-electron chi connectivity index (χ0n) is 14.5. The second kappa shape index (κ2) is 7.66. The van der Waals surface area contributed by atoms with Gasteiger partial charge < -0.3 is 4.74 Å². The molecule has 3 rings (SSSR count). The number of carbonyl (C=O) groups excluding carboxylic acids is 1. The minimum Gasteiger partial charge on any atom is -0.457 e. The first-order chi connectivity index (χ1) is 12.8. The van der Waals surface area contributed by atoms with Gasteiger partial charge in [0.2, 0.25) is 0 Å². The van der Waals surface area contributed by atoms with Crippen LogP contribution in [0.5, 0.6) is 11.5 Å². The zero-order chi connectivity index (χ0) is 19.4. The predicted octanol–water partition coefficient (Wildman–Crippen LogP) is 6.38. The molecule has 0 N–H and O–H groups in total. The molecule has 0 bridgehead atoms. The lowest BCUT2D eigenvalue weighted by atomic mass is 9.91. The number of halogens is 3. The van der Waals surface area contributed by atoms with Gasteiger partial charge >= 0.3 is 6.18 Å². The van der Waals surface area contributed by atoms with Crippen molar-refractivity contribution in [3.8, 4) is 11.5 Å². The number of ether oxygens (including phenoxy) is 1. The lowest BCUT2D eigenvalue weighted by Gasteiger charge is -2.21. The summed E-state index contributed by atoms with van der Waals surface area (Å²) >= 11 is 0. The van der Waals surface area contributed by atoms with E-state index < -0.39 is 12.1 Å². The van der Waals surface area contributed by atoms with E-state index >= 15 is 0 Å². The van der Waals surface area contributed by atoms with Crippen molar-refractivity contribution in [3.63, 3.8) is 0 Å². The summed E-state index contributed by atoms with van der Waals surface area (Å²) in [6.07, 6.45) is -4.40. The summed E-state index contributed by atoms with van der Waals surface area (Å²) in [5.41, 5.74) is 0.903. The van der Waals surface area contributed by atoms with Gasteiger partial charge in [-0.05, 0) is 54.4 Å². The summed E-state index contributed by atoms with van der Waals surface area (Å²) in [7, 11) is 0. The molecule has 0 radical (unpaired) electrons. The highest BCUT2D eigenvalue weighted by Crippen LogP contribution is 2.40. The van der Waals surface area contributed by atoms with E-state index in [9.17, 15) is 18.0 Å². The Kier molecular flexibility index (Phi) is 5.31. The first-order valence-electron chi connectivity index (χ1n) is 8.35. The van der Waals surface area contributed by atoms with Crippen LogP contribution in [0.3, 0.4) is 0 Å². The molecule has 0 saturated carbocycles. The first-order valence-corrected chi connectivity index (χ1v) is 8.35.